The van der Waals surface area contributed by atoms with Gasteiger partial charge in [-0.05, 0) is 20.8 Å². The second kappa shape index (κ2) is 8.71. The van der Waals surface area contributed by atoms with Gasteiger partial charge in [-0.25, -0.2) is 4.57 Å². The van der Waals surface area contributed by atoms with Crippen LogP contribution in [0.5, 0.6) is 0 Å². The summed E-state index contributed by atoms with van der Waals surface area (Å²) < 4.78 is 253. The van der Waals surface area contributed by atoms with Gasteiger partial charge in [0.25, 0.3) is 16.8 Å². The summed E-state index contributed by atoms with van der Waals surface area (Å²) in [5.41, 5.74) is -18.9. The molecule has 0 radical (unpaired) electrons. The van der Waals surface area contributed by atoms with Crippen molar-refractivity contribution in [2.24, 2.45) is 0 Å². The van der Waals surface area contributed by atoms with Gasteiger partial charge >= 0.3 is 44.9 Å². The maximum absolute atomic E-state index is 13.0. The van der Waals surface area contributed by atoms with Crippen molar-refractivity contribution in [1.29, 1.82) is 0 Å². The van der Waals surface area contributed by atoms with Crippen LogP contribution in [0, 0.1) is 0 Å². The Morgan fingerprint density at radius 2 is 0.486 bits per heavy atom. The van der Waals surface area contributed by atoms with Crippen molar-refractivity contribution < 1.29 is 97.2 Å². The Hall–Kier alpha value is -1.15. The smallest absolute Gasteiger partial charge is 0.261 e. The van der Waals surface area contributed by atoms with Gasteiger partial charge in [-0.2, -0.15) is 79.0 Å². The third-order valence-electron chi connectivity index (χ3n) is 4.13. The number of hydrogen-bond donors (Lipinski definition) is 0. The zero-order valence-corrected chi connectivity index (χ0v) is 17.3. The van der Waals surface area contributed by atoms with Crippen LogP contribution in [0.4, 0.5) is 79.0 Å². The molecule has 0 rings (SSSR count). The molecule has 0 spiro atoms. The van der Waals surface area contributed by atoms with Gasteiger partial charge in [0.05, 0.1) is 0 Å². The summed E-state index contributed by atoms with van der Waals surface area (Å²) in [6.07, 6.45) is -42.5. The molecule has 0 fully saturated rings. The molecule has 0 amide bonds. The molecule has 0 saturated carbocycles. The highest BCUT2D eigenvalue weighted by Crippen LogP contribution is 2.68. The second-order valence-electron chi connectivity index (χ2n) is 6.81. The molecule has 35 heavy (non-hydrogen) atoms. The van der Waals surface area contributed by atoms with Gasteiger partial charge in [-0.3, -0.25) is 13.6 Å². The van der Waals surface area contributed by atoms with E-state index in [0.717, 1.165) is 0 Å². The van der Waals surface area contributed by atoms with E-state index in [0.29, 0.717) is 0 Å². The standard InChI is InChI=1S/C12H9F18O4P/c1-4(7(13,14)15,8(16,17)18)32-35(31,33-5(2,9(19,20)21)10(22,23)24)34-6(3,11(25,26)27)12(28,29)30/h1-3H3. The molecule has 0 aromatic heterocycles. The van der Waals surface area contributed by atoms with Crippen LogP contribution in [0.3, 0.4) is 0 Å². The summed E-state index contributed by atoms with van der Waals surface area (Å²) in [5, 5.41) is 0. The zero-order valence-electron chi connectivity index (χ0n) is 16.4. The second-order valence-corrected chi connectivity index (χ2v) is 8.25. The first kappa shape index (κ1) is 33.8. The highest BCUT2D eigenvalue weighted by atomic mass is 31.2. The van der Waals surface area contributed by atoms with E-state index < -0.39 is 82.5 Å². The van der Waals surface area contributed by atoms with E-state index >= 15 is 0 Å². The maximum atomic E-state index is 13.0. The molecular weight excluding hydrogens is 581 g/mol. The van der Waals surface area contributed by atoms with Crippen LogP contribution in [-0.2, 0) is 18.1 Å². The van der Waals surface area contributed by atoms with E-state index in [9.17, 15) is 83.6 Å². The fraction of sp³-hybridized carbons (Fsp3) is 1.00. The van der Waals surface area contributed by atoms with Crippen molar-refractivity contribution in [3.8, 4) is 0 Å². The largest absolute Gasteiger partial charge is 0.478 e. The lowest BCUT2D eigenvalue weighted by atomic mass is 10.1. The third-order valence-corrected chi connectivity index (χ3v) is 5.90. The van der Waals surface area contributed by atoms with E-state index in [1.807, 2.05) is 0 Å². The number of hydrogen-bond acceptors (Lipinski definition) is 4. The lowest BCUT2D eigenvalue weighted by Gasteiger charge is -2.42. The van der Waals surface area contributed by atoms with E-state index in [2.05, 4.69) is 13.6 Å². The monoisotopic (exact) mass is 590 g/mol. The highest BCUT2D eigenvalue weighted by Gasteiger charge is 2.79. The Morgan fingerprint density at radius 1 is 0.371 bits per heavy atom. The lowest BCUT2D eigenvalue weighted by Crippen LogP contribution is -2.60. The van der Waals surface area contributed by atoms with Crippen molar-refractivity contribution in [3.63, 3.8) is 0 Å². The van der Waals surface area contributed by atoms with Crippen LogP contribution in [0.1, 0.15) is 20.8 Å². The van der Waals surface area contributed by atoms with Crippen LogP contribution >= 0.6 is 7.82 Å². The van der Waals surface area contributed by atoms with Gasteiger partial charge in [0, 0.05) is 0 Å². The fourth-order valence-corrected chi connectivity index (χ4v) is 3.59. The van der Waals surface area contributed by atoms with Crippen LogP contribution in [0.25, 0.3) is 0 Å². The van der Waals surface area contributed by atoms with Gasteiger partial charge in [0.1, 0.15) is 0 Å². The molecule has 0 saturated heterocycles. The fourth-order valence-electron chi connectivity index (χ4n) is 1.52. The van der Waals surface area contributed by atoms with E-state index in [1.54, 1.807) is 0 Å². The van der Waals surface area contributed by atoms with E-state index in [1.165, 1.54) is 0 Å². The zero-order chi connectivity index (χ0) is 29.1. The molecule has 0 aliphatic heterocycles. The summed E-state index contributed by atoms with van der Waals surface area (Å²) in [6, 6.07) is 0. The summed E-state index contributed by atoms with van der Waals surface area (Å²) >= 11 is 0. The maximum Gasteiger partial charge on any atom is 0.478 e. The van der Waals surface area contributed by atoms with Crippen molar-refractivity contribution in [2.75, 3.05) is 0 Å². The van der Waals surface area contributed by atoms with Gasteiger partial charge in [-0.15, -0.1) is 0 Å². The molecule has 0 atom stereocenters. The van der Waals surface area contributed by atoms with Gasteiger partial charge in [0.15, 0.2) is 0 Å². The number of alkyl halides is 18. The van der Waals surface area contributed by atoms with Crippen LogP contribution < -0.4 is 0 Å². The summed E-state index contributed by atoms with van der Waals surface area (Å²) in [7, 11) is -8.48. The Labute approximate surface area is 181 Å². The number of rotatable bonds is 6. The quantitative estimate of drug-likeness (QED) is 0.234. The minimum atomic E-state index is -8.48. The van der Waals surface area contributed by atoms with Gasteiger partial charge in [-0.1, -0.05) is 0 Å². The first-order valence-corrected chi connectivity index (χ1v) is 9.20. The Morgan fingerprint density at radius 3 is 0.571 bits per heavy atom. The minimum absolute atomic E-state index is 1.33. The molecule has 212 valence electrons. The Balaban J connectivity index is 7.42. The predicted octanol–water partition coefficient (Wildman–Crippen LogP) is 7.79. The Kier molecular flexibility index (Phi) is 8.42. The molecule has 0 aliphatic carbocycles. The van der Waals surface area contributed by atoms with Crippen LogP contribution in [-0.4, -0.2) is 53.9 Å². The molecule has 4 nitrogen and oxygen atoms in total. The minimum Gasteiger partial charge on any atom is -0.261 e. The third kappa shape index (κ3) is 6.23. The van der Waals surface area contributed by atoms with Gasteiger partial charge < -0.3 is 0 Å². The molecular formula is C12H9F18O4P. The molecule has 0 aliphatic rings. The predicted molar refractivity (Wildman–Crippen MR) is 72.4 cm³/mol. The van der Waals surface area contributed by atoms with Crippen molar-refractivity contribution in [1.82, 2.24) is 0 Å². The molecule has 0 heterocycles. The average molecular weight is 590 g/mol. The van der Waals surface area contributed by atoms with Crippen LogP contribution in [0.15, 0.2) is 0 Å². The Bertz CT molecular complexity index is 651. The number of phosphoric acid groups is 1. The van der Waals surface area contributed by atoms with Gasteiger partial charge in [0.2, 0.25) is 0 Å². The first-order valence-electron chi connectivity index (χ1n) is 7.74. The molecule has 0 bridgehead atoms. The van der Waals surface area contributed by atoms with Crippen LogP contribution in [0.2, 0.25) is 0 Å². The molecule has 23 heteroatoms. The van der Waals surface area contributed by atoms with E-state index in [4.69, 9.17) is 0 Å². The van der Waals surface area contributed by atoms with Crippen molar-refractivity contribution >= 4 is 7.82 Å². The highest BCUT2D eigenvalue weighted by molar-refractivity contribution is 7.48. The summed E-state index contributed by atoms with van der Waals surface area (Å²) in [4.78, 5) is 0. The molecule has 0 N–H and O–H groups in total. The average Bonchev–Trinajstić information content (AvgIpc) is 2.47. The van der Waals surface area contributed by atoms with E-state index in [-0.39, 0.29) is 0 Å². The molecule has 0 unspecified atom stereocenters. The van der Waals surface area contributed by atoms with Crippen molar-refractivity contribution in [3.05, 3.63) is 0 Å². The van der Waals surface area contributed by atoms with Crippen molar-refractivity contribution in [2.45, 2.75) is 74.6 Å². The topological polar surface area (TPSA) is 44.8 Å². The SMILES string of the molecule is CC(OP(=O)(OC(C)(C(F)(F)F)C(F)(F)F)OC(C)(C(F)(F)F)C(F)(F)F)(C(F)(F)F)C(F)(F)F. The first-order chi connectivity index (χ1) is 14.6. The summed E-state index contributed by atoms with van der Waals surface area (Å²) in [6.45, 7) is -3.99. The summed E-state index contributed by atoms with van der Waals surface area (Å²) in [5.74, 6) is 0. The number of phosphoric ester groups is 1. The lowest BCUT2D eigenvalue weighted by molar-refractivity contribution is -0.384. The normalized spacial score (nSPS) is 16.6. The number of halogens is 18. The molecule has 0 aromatic rings. The molecule has 0 aromatic carbocycles.